The monoisotopic (exact) mass is 235 g/mol. The Bertz CT molecular complexity index is 583. The van der Waals surface area contributed by atoms with Gasteiger partial charge in [0.05, 0.1) is 11.3 Å². The molecule has 2 rings (SSSR count). The number of hydrogen-bond donors (Lipinski definition) is 0. The first-order valence-electron chi connectivity index (χ1n) is 4.50. The van der Waals surface area contributed by atoms with Crippen LogP contribution in [0.5, 0.6) is 0 Å². The van der Waals surface area contributed by atoms with E-state index in [2.05, 4.69) is 4.98 Å². The van der Waals surface area contributed by atoms with Crippen LogP contribution in [-0.2, 0) is 7.05 Å². The molecule has 0 aliphatic rings. The highest BCUT2D eigenvalue weighted by atomic mass is 35.5. The number of nitriles is 1. The fraction of sp³-hybridized carbons (Fsp3) is 0.0909. The van der Waals surface area contributed by atoms with E-state index in [1.165, 1.54) is 18.5 Å². The molecule has 1 aromatic heterocycles. The zero-order chi connectivity index (χ0) is 11.7. The van der Waals surface area contributed by atoms with Crippen molar-refractivity contribution in [2.75, 3.05) is 0 Å². The van der Waals surface area contributed by atoms with Crippen molar-refractivity contribution in [2.24, 2.45) is 7.05 Å². The van der Waals surface area contributed by atoms with Crippen molar-refractivity contribution in [1.29, 1.82) is 5.26 Å². The van der Waals surface area contributed by atoms with E-state index in [1.807, 2.05) is 6.07 Å². The van der Waals surface area contributed by atoms with Gasteiger partial charge in [0.1, 0.15) is 23.3 Å². The summed E-state index contributed by atoms with van der Waals surface area (Å²) >= 11 is 5.67. The largest absolute Gasteiger partial charge is 0.325 e. The molecule has 0 amide bonds. The van der Waals surface area contributed by atoms with Crippen LogP contribution in [0.4, 0.5) is 4.39 Å². The summed E-state index contributed by atoms with van der Waals surface area (Å²) in [7, 11) is 1.72. The van der Waals surface area contributed by atoms with Gasteiger partial charge in [0.15, 0.2) is 0 Å². The summed E-state index contributed by atoms with van der Waals surface area (Å²) in [5.41, 5.74) is 1.55. The maximum absolute atomic E-state index is 13.0. The highest BCUT2D eigenvalue weighted by Gasteiger charge is 2.11. The fourth-order valence-corrected chi connectivity index (χ4v) is 1.60. The summed E-state index contributed by atoms with van der Waals surface area (Å²) in [5.74, 6) is -0.486. The SMILES string of the molecule is Cn1cnc(-c2ccc(F)c(Cl)c2)c1C#N. The molecule has 0 saturated heterocycles. The molecule has 0 bridgehead atoms. The first-order chi connectivity index (χ1) is 7.63. The zero-order valence-electron chi connectivity index (χ0n) is 8.41. The van der Waals surface area contributed by atoms with Crippen LogP contribution in [0.1, 0.15) is 5.69 Å². The number of halogens is 2. The molecule has 1 heterocycles. The van der Waals surface area contributed by atoms with Crippen molar-refractivity contribution < 1.29 is 4.39 Å². The number of hydrogen-bond acceptors (Lipinski definition) is 2. The molecule has 1 aromatic carbocycles. The minimum Gasteiger partial charge on any atom is -0.325 e. The van der Waals surface area contributed by atoms with Crippen molar-refractivity contribution in [3.8, 4) is 17.3 Å². The Morgan fingerprint density at radius 1 is 1.50 bits per heavy atom. The van der Waals surface area contributed by atoms with E-state index in [0.29, 0.717) is 17.0 Å². The van der Waals surface area contributed by atoms with Gasteiger partial charge >= 0.3 is 0 Å². The summed E-state index contributed by atoms with van der Waals surface area (Å²) in [6, 6.07) is 6.30. The van der Waals surface area contributed by atoms with Gasteiger partial charge < -0.3 is 4.57 Å². The predicted molar refractivity (Wildman–Crippen MR) is 58.3 cm³/mol. The lowest BCUT2D eigenvalue weighted by molar-refractivity contribution is 0.628. The maximum Gasteiger partial charge on any atom is 0.147 e. The molecule has 0 unspecified atom stereocenters. The molecule has 0 spiro atoms. The van der Waals surface area contributed by atoms with Crippen LogP contribution in [-0.4, -0.2) is 9.55 Å². The molecule has 0 atom stereocenters. The van der Waals surface area contributed by atoms with E-state index < -0.39 is 5.82 Å². The van der Waals surface area contributed by atoms with Gasteiger partial charge in [-0.1, -0.05) is 11.6 Å². The van der Waals surface area contributed by atoms with Crippen molar-refractivity contribution in [1.82, 2.24) is 9.55 Å². The third kappa shape index (κ3) is 1.66. The van der Waals surface area contributed by atoms with Gasteiger partial charge in [-0.3, -0.25) is 0 Å². The van der Waals surface area contributed by atoms with Crippen LogP contribution in [0, 0.1) is 17.1 Å². The third-order valence-corrected chi connectivity index (χ3v) is 2.53. The average Bonchev–Trinajstić information content (AvgIpc) is 2.63. The quantitative estimate of drug-likeness (QED) is 0.763. The lowest BCUT2D eigenvalue weighted by Crippen LogP contribution is -1.91. The first kappa shape index (κ1) is 10.7. The van der Waals surface area contributed by atoms with E-state index in [4.69, 9.17) is 16.9 Å². The molecule has 5 heteroatoms. The molecule has 2 aromatic rings. The molecular weight excluding hydrogens is 229 g/mol. The predicted octanol–water partition coefficient (Wildman–Crippen LogP) is 2.75. The number of rotatable bonds is 1. The molecule has 16 heavy (non-hydrogen) atoms. The van der Waals surface area contributed by atoms with Gasteiger partial charge in [-0.05, 0) is 18.2 Å². The molecule has 0 saturated carbocycles. The molecule has 0 N–H and O–H groups in total. The van der Waals surface area contributed by atoms with Crippen molar-refractivity contribution in [3.63, 3.8) is 0 Å². The molecule has 0 radical (unpaired) electrons. The van der Waals surface area contributed by atoms with Crippen LogP contribution in [0.15, 0.2) is 24.5 Å². The summed E-state index contributed by atoms with van der Waals surface area (Å²) < 4.78 is 14.6. The zero-order valence-corrected chi connectivity index (χ0v) is 9.16. The van der Waals surface area contributed by atoms with Crippen molar-refractivity contribution in [3.05, 3.63) is 41.1 Å². The molecule has 0 aliphatic carbocycles. The number of imidazole rings is 1. The lowest BCUT2D eigenvalue weighted by Gasteiger charge is -2.00. The number of aryl methyl sites for hydroxylation is 1. The van der Waals surface area contributed by atoms with Gasteiger partial charge in [-0.15, -0.1) is 0 Å². The van der Waals surface area contributed by atoms with Crippen LogP contribution in [0.25, 0.3) is 11.3 Å². The Morgan fingerprint density at radius 2 is 2.25 bits per heavy atom. The van der Waals surface area contributed by atoms with Gasteiger partial charge in [-0.25, -0.2) is 9.37 Å². The maximum atomic E-state index is 13.0. The fourth-order valence-electron chi connectivity index (χ4n) is 1.42. The Kier molecular flexibility index (Phi) is 2.63. The summed E-state index contributed by atoms with van der Waals surface area (Å²) in [5, 5.41) is 8.98. The van der Waals surface area contributed by atoms with E-state index in [0.717, 1.165) is 0 Å². The number of aromatic nitrogens is 2. The molecular formula is C11H7ClFN3. The highest BCUT2D eigenvalue weighted by Crippen LogP contribution is 2.25. The van der Waals surface area contributed by atoms with Gasteiger partial charge in [0.25, 0.3) is 0 Å². The second kappa shape index (κ2) is 3.95. The minimum atomic E-state index is -0.486. The molecule has 80 valence electrons. The van der Waals surface area contributed by atoms with E-state index in [-0.39, 0.29) is 5.02 Å². The van der Waals surface area contributed by atoms with Crippen LogP contribution >= 0.6 is 11.6 Å². The number of benzene rings is 1. The molecule has 0 fully saturated rings. The van der Waals surface area contributed by atoms with Gasteiger partial charge in [0.2, 0.25) is 0 Å². The van der Waals surface area contributed by atoms with Crippen LogP contribution in [0.2, 0.25) is 5.02 Å². The number of nitrogens with zero attached hydrogens (tertiary/aromatic N) is 3. The minimum absolute atomic E-state index is 0.0204. The topological polar surface area (TPSA) is 41.6 Å². The van der Waals surface area contributed by atoms with Crippen molar-refractivity contribution >= 4 is 11.6 Å². The van der Waals surface area contributed by atoms with Gasteiger partial charge in [0, 0.05) is 12.6 Å². The first-order valence-corrected chi connectivity index (χ1v) is 4.88. The standard InChI is InChI=1S/C11H7ClFN3/c1-16-6-15-11(10(16)5-14)7-2-3-9(13)8(12)4-7/h2-4,6H,1H3. The van der Waals surface area contributed by atoms with Crippen LogP contribution in [0.3, 0.4) is 0 Å². The van der Waals surface area contributed by atoms with E-state index >= 15 is 0 Å². The Labute approximate surface area is 96.7 Å². The highest BCUT2D eigenvalue weighted by molar-refractivity contribution is 6.31. The summed E-state index contributed by atoms with van der Waals surface area (Å²) in [4.78, 5) is 4.09. The summed E-state index contributed by atoms with van der Waals surface area (Å²) in [6.07, 6.45) is 1.53. The molecule has 3 nitrogen and oxygen atoms in total. The lowest BCUT2D eigenvalue weighted by atomic mass is 10.1. The Hall–Kier alpha value is -1.86. The van der Waals surface area contributed by atoms with Crippen molar-refractivity contribution in [2.45, 2.75) is 0 Å². The Morgan fingerprint density at radius 3 is 2.88 bits per heavy atom. The normalized spacial score (nSPS) is 10.1. The molecule has 0 aliphatic heterocycles. The van der Waals surface area contributed by atoms with E-state index in [9.17, 15) is 4.39 Å². The second-order valence-corrected chi connectivity index (χ2v) is 3.70. The van der Waals surface area contributed by atoms with Crippen LogP contribution < -0.4 is 0 Å². The second-order valence-electron chi connectivity index (χ2n) is 3.29. The average molecular weight is 236 g/mol. The third-order valence-electron chi connectivity index (χ3n) is 2.24. The van der Waals surface area contributed by atoms with Gasteiger partial charge in [-0.2, -0.15) is 5.26 Å². The Balaban J connectivity index is 2.60. The summed E-state index contributed by atoms with van der Waals surface area (Å²) in [6.45, 7) is 0. The van der Waals surface area contributed by atoms with E-state index in [1.54, 1.807) is 17.7 Å². The smallest absolute Gasteiger partial charge is 0.147 e.